The summed E-state index contributed by atoms with van der Waals surface area (Å²) in [4.78, 5) is 22.6. The van der Waals surface area contributed by atoms with Crippen molar-refractivity contribution in [1.82, 2.24) is 24.6 Å². The molecule has 0 radical (unpaired) electrons. The van der Waals surface area contributed by atoms with Crippen LogP contribution in [0, 0.1) is 18.7 Å². The van der Waals surface area contributed by atoms with Gasteiger partial charge in [0, 0.05) is 30.7 Å². The first kappa shape index (κ1) is 19.4. The molecule has 1 aliphatic carbocycles. The van der Waals surface area contributed by atoms with Crippen LogP contribution in [0.1, 0.15) is 18.9 Å². The van der Waals surface area contributed by atoms with Crippen molar-refractivity contribution in [2.75, 3.05) is 23.8 Å². The molecule has 2 atom stereocenters. The van der Waals surface area contributed by atoms with Gasteiger partial charge in [0.05, 0.1) is 41.4 Å². The number of hydrogen-bond donors (Lipinski definition) is 2. The number of nitrogens with zero attached hydrogens (tertiary/aromatic N) is 5. The average molecular weight is 425 g/mol. The molecule has 2 N–H and O–H groups in total. The zero-order valence-electron chi connectivity index (χ0n) is 17.3. The van der Waals surface area contributed by atoms with E-state index in [1.54, 1.807) is 36.1 Å². The fourth-order valence-corrected chi connectivity index (χ4v) is 3.84. The van der Waals surface area contributed by atoms with Crippen molar-refractivity contribution >= 4 is 34.0 Å². The van der Waals surface area contributed by atoms with Gasteiger partial charge in [-0.1, -0.05) is 0 Å². The highest BCUT2D eigenvalue weighted by Gasteiger charge is 2.43. The molecule has 0 spiro atoms. The van der Waals surface area contributed by atoms with E-state index in [1.807, 2.05) is 18.9 Å². The van der Waals surface area contributed by atoms with E-state index in [9.17, 15) is 9.18 Å². The molecule has 1 saturated carbocycles. The van der Waals surface area contributed by atoms with E-state index in [-0.39, 0.29) is 18.1 Å². The second-order valence-corrected chi connectivity index (χ2v) is 7.85. The lowest BCUT2D eigenvalue weighted by molar-refractivity contribution is -0.117. The highest BCUT2D eigenvalue weighted by Crippen LogP contribution is 2.39. The van der Waals surface area contributed by atoms with Crippen LogP contribution in [0.25, 0.3) is 27.8 Å². The summed E-state index contributed by atoms with van der Waals surface area (Å²) in [6, 6.07) is 0. The predicted molar refractivity (Wildman–Crippen MR) is 113 cm³/mol. The Balaban J connectivity index is 1.58. The van der Waals surface area contributed by atoms with Gasteiger partial charge in [-0.3, -0.25) is 14.9 Å². The van der Waals surface area contributed by atoms with Gasteiger partial charge in [-0.2, -0.15) is 5.10 Å². The van der Waals surface area contributed by atoms with Crippen LogP contribution in [0.5, 0.6) is 0 Å². The van der Waals surface area contributed by atoms with Crippen molar-refractivity contribution in [2.45, 2.75) is 26.4 Å². The van der Waals surface area contributed by atoms with Crippen LogP contribution in [0.15, 0.2) is 24.8 Å². The van der Waals surface area contributed by atoms with E-state index in [4.69, 9.17) is 0 Å². The molecule has 1 aromatic carbocycles. The fourth-order valence-electron chi connectivity index (χ4n) is 3.84. The number of nitrogens with one attached hydrogen (secondary N) is 2. The van der Waals surface area contributed by atoms with Crippen molar-refractivity contribution in [1.29, 1.82) is 0 Å². The molecule has 1 amide bonds. The molecule has 31 heavy (non-hydrogen) atoms. The Labute approximate surface area is 176 Å². The average Bonchev–Trinajstić information content (AvgIpc) is 3.12. The molecule has 0 aliphatic heterocycles. The van der Waals surface area contributed by atoms with Gasteiger partial charge in [0.25, 0.3) is 0 Å². The van der Waals surface area contributed by atoms with Gasteiger partial charge in [-0.15, -0.1) is 0 Å². The van der Waals surface area contributed by atoms with Gasteiger partial charge >= 0.3 is 0 Å². The maximum atomic E-state index is 15.4. The van der Waals surface area contributed by atoms with Gasteiger partial charge < -0.3 is 14.6 Å². The number of hydrogen-bond acceptors (Lipinski definition) is 5. The van der Waals surface area contributed by atoms with Gasteiger partial charge in [0.2, 0.25) is 5.91 Å². The summed E-state index contributed by atoms with van der Waals surface area (Å²) in [5.74, 6) is -0.989. The maximum Gasteiger partial charge on any atom is 0.231 e. The molecular weight excluding hydrogens is 404 g/mol. The Hall–Kier alpha value is -3.56. The molecule has 0 bridgehead atoms. The molecule has 8 nitrogen and oxygen atoms in total. The number of imidazole rings is 1. The largest absolute Gasteiger partial charge is 0.371 e. The summed E-state index contributed by atoms with van der Waals surface area (Å²) in [6.45, 7) is 4.31. The predicted octanol–water partition coefficient (Wildman–Crippen LogP) is 3.47. The number of halogens is 2. The minimum atomic E-state index is -1.07. The third-order valence-corrected chi connectivity index (χ3v) is 5.81. The van der Waals surface area contributed by atoms with Crippen molar-refractivity contribution in [3.05, 3.63) is 36.2 Å². The lowest BCUT2D eigenvalue weighted by Crippen LogP contribution is -2.18. The number of anilines is 2. The smallest absolute Gasteiger partial charge is 0.231 e. The SMILES string of the molecule is CCN(C)c1c(F)c(C)c(-c2cn3cc(NC(=O)[C@@H]4C[C@@H]4F)nc3cn2)c2cn[nH]c12. The number of amides is 1. The minimum Gasteiger partial charge on any atom is -0.371 e. The number of aromatic amines is 1. The van der Waals surface area contributed by atoms with Gasteiger partial charge in [-0.05, 0) is 25.8 Å². The quantitative estimate of drug-likeness (QED) is 0.511. The van der Waals surface area contributed by atoms with Crippen molar-refractivity contribution < 1.29 is 13.6 Å². The summed E-state index contributed by atoms with van der Waals surface area (Å²) in [5.41, 5.74) is 3.23. The second kappa shape index (κ2) is 7.00. The Morgan fingerprint density at radius 3 is 2.87 bits per heavy atom. The number of carbonyl (C=O) groups is 1. The Morgan fingerprint density at radius 1 is 1.39 bits per heavy atom. The summed E-state index contributed by atoms with van der Waals surface area (Å²) in [5, 5.41) is 10.4. The molecule has 160 valence electrons. The van der Waals surface area contributed by atoms with E-state index in [0.717, 1.165) is 5.39 Å². The third kappa shape index (κ3) is 3.09. The number of aromatic nitrogens is 5. The molecule has 0 saturated heterocycles. The molecule has 3 aromatic heterocycles. The van der Waals surface area contributed by atoms with E-state index >= 15 is 4.39 Å². The maximum absolute atomic E-state index is 15.4. The zero-order chi connectivity index (χ0) is 21.9. The van der Waals surface area contributed by atoms with Crippen molar-refractivity contribution in [3.63, 3.8) is 0 Å². The van der Waals surface area contributed by atoms with Gasteiger partial charge in [0.1, 0.15) is 6.17 Å². The first-order valence-electron chi connectivity index (χ1n) is 10.0. The minimum absolute atomic E-state index is 0.250. The van der Waals surface area contributed by atoms with Crippen LogP contribution in [-0.4, -0.2) is 50.2 Å². The Bertz CT molecular complexity index is 1330. The van der Waals surface area contributed by atoms with Crippen molar-refractivity contribution in [2.24, 2.45) is 5.92 Å². The van der Waals surface area contributed by atoms with E-state index in [0.29, 0.717) is 46.0 Å². The van der Waals surface area contributed by atoms with Crippen LogP contribution in [0.3, 0.4) is 0 Å². The fraction of sp³-hybridized carbons (Fsp3) is 0.333. The van der Waals surface area contributed by atoms with Crippen LogP contribution < -0.4 is 10.2 Å². The summed E-state index contributed by atoms with van der Waals surface area (Å²) in [6.07, 6.45) is 5.75. The molecule has 1 fully saturated rings. The molecule has 5 rings (SSSR count). The number of H-pyrrole nitrogens is 1. The van der Waals surface area contributed by atoms with E-state index in [2.05, 4.69) is 25.5 Å². The number of fused-ring (bicyclic) bond motifs is 2. The lowest BCUT2D eigenvalue weighted by Gasteiger charge is -2.21. The molecular formula is C21H21F2N7O. The normalized spacial score (nSPS) is 18.0. The first-order chi connectivity index (χ1) is 14.9. The first-order valence-corrected chi connectivity index (χ1v) is 10.0. The monoisotopic (exact) mass is 425 g/mol. The number of carbonyl (C=O) groups excluding carboxylic acids is 1. The van der Waals surface area contributed by atoms with E-state index < -0.39 is 12.1 Å². The summed E-state index contributed by atoms with van der Waals surface area (Å²) in [7, 11) is 1.83. The highest BCUT2D eigenvalue weighted by atomic mass is 19.1. The third-order valence-electron chi connectivity index (χ3n) is 5.81. The van der Waals surface area contributed by atoms with Crippen molar-refractivity contribution in [3.8, 4) is 11.3 Å². The topological polar surface area (TPSA) is 91.2 Å². The van der Waals surface area contributed by atoms with Gasteiger partial charge in [-0.25, -0.2) is 13.8 Å². The molecule has 0 unspecified atom stereocenters. The number of alkyl halides is 1. The second-order valence-electron chi connectivity index (χ2n) is 7.85. The van der Waals surface area contributed by atoms with Crippen LogP contribution >= 0.6 is 0 Å². The van der Waals surface area contributed by atoms with Crippen LogP contribution in [-0.2, 0) is 4.79 Å². The van der Waals surface area contributed by atoms with E-state index in [1.165, 1.54) is 0 Å². The Morgan fingerprint density at radius 2 is 2.16 bits per heavy atom. The molecule has 10 heteroatoms. The van der Waals surface area contributed by atoms with Crippen LogP contribution in [0.2, 0.25) is 0 Å². The molecule has 1 aliphatic rings. The molecule has 3 heterocycles. The standard InChI is InChI=1S/C21H21F2N7O/c1-4-29(3)20-18(23)10(2)17(12-6-25-28-19(12)20)14-8-30-9-15(26-16(30)7-24-14)27-21(31)11-5-13(11)22/h6-9,11,13H,4-5H2,1-3H3,(H,25,28)(H,27,31)/t11-,13+/m1/s1. The van der Waals surface area contributed by atoms with Crippen LogP contribution in [0.4, 0.5) is 20.3 Å². The van der Waals surface area contributed by atoms with Gasteiger partial charge in [0.15, 0.2) is 17.3 Å². The lowest BCUT2D eigenvalue weighted by atomic mass is 9.99. The number of benzene rings is 1. The number of rotatable bonds is 5. The zero-order valence-corrected chi connectivity index (χ0v) is 17.3. The molecule has 4 aromatic rings. The Kier molecular flexibility index (Phi) is 4.38. The highest BCUT2D eigenvalue weighted by molar-refractivity contribution is 6.02. The summed E-state index contributed by atoms with van der Waals surface area (Å²) >= 11 is 0. The summed E-state index contributed by atoms with van der Waals surface area (Å²) < 4.78 is 30.2.